The van der Waals surface area contributed by atoms with Crippen LogP contribution >= 0.6 is 0 Å². The van der Waals surface area contributed by atoms with Crippen molar-refractivity contribution < 1.29 is 19.6 Å². The lowest BCUT2D eigenvalue weighted by atomic mass is 10.2. The highest BCUT2D eigenvalue weighted by Gasteiger charge is 2.19. The van der Waals surface area contributed by atoms with Gasteiger partial charge in [-0.3, -0.25) is 10.1 Å². The highest BCUT2D eigenvalue weighted by molar-refractivity contribution is 5.87. The third-order valence-electron chi connectivity index (χ3n) is 2.70. The van der Waals surface area contributed by atoms with E-state index in [1.165, 1.54) is 17.9 Å². The number of aromatic nitrogens is 2. The number of methoxy groups -OCH3 is 1. The second-order valence-electron chi connectivity index (χ2n) is 3.95. The minimum absolute atomic E-state index is 0.118. The van der Waals surface area contributed by atoms with Crippen molar-refractivity contribution in [2.75, 3.05) is 7.11 Å². The molecule has 0 aromatic carbocycles. The largest absolute Gasteiger partial charge is 0.481 e. The van der Waals surface area contributed by atoms with Gasteiger partial charge in [-0.05, 0) is 6.07 Å². The standard InChI is InChI=1S/C12H11N3O5/c1-20-11-8(3-2-4-13-11)6-14-7-9(15(18)19)5-10(14)12(16)17/h2-5,7H,6H2,1H3,(H,16,17). The number of carboxylic acid groups (broad SMARTS) is 1. The predicted octanol–water partition coefficient (Wildman–Crippen LogP) is 1.55. The maximum absolute atomic E-state index is 11.1. The predicted molar refractivity (Wildman–Crippen MR) is 67.9 cm³/mol. The van der Waals surface area contributed by atoms with Crippen molar-refractivity contribution in [2.45, 2.75) is 6.54 Å². The summed E-state index contributed by atoms with van der Waals surface area (Å²) in [6, 6.07) is 4.41. The molecule has 0 aliphatic carbocycles. The van der Waals surface area contributed by atoms with Crippen LogP contribution in [0.5, 0.6) is 5.88 Å². The zero-order valence-corrected chi connectivity index (χ0v) is 10.5. The van der Waals surface area contributed by atoms with E-state index in [0.717, 1.165) is 6.07 Å². The Hall–Kier alpha value is -2.90. The number of nitrogens with zero attached hydrogens (tertiary/aromatic N) is 3. The lowest BCUT2D eigenvalue weighted by molar-refractivity contribution is -0.384. The maximum atomic E-state index is 11.1. The molecule has 2 aromatic heterocycles. The molecular weight excluding hydrogens is 266 g/mol. The highest BCUT2D eigenvalue weighted by atomic mass is 16.6. The molecule has 0 atom stereocenters. The van der Waals surface area contributed by atoms with E-state index in [1.54, 1.807) is 18.3 Å². The second kappa shape index (κ2) is 5.39. The van der Waals surface area contributed by atoms with E-state index in [-0.39, 0.29) is 17.9 Å². The Bertz CT molecular complexity index is 665. The van der Waals surface area contributed by atoms with Crippen LogP contribution in [-0.2, 0) is 6.54 Å². The van der Waals surface area contributed by atoms with Gasteiger partial charge in [-0.25, -0.2) is 9.78 Å². The molecule has 0 saturated heterocycles. The van der Waals surface area contributed by atoms with E-state index >= 15 is 0 Å². The summed E-state index contributed by atoms with van der Waals surface area (Å²) >= 11 is 0. The SMILES string of the molecule is COc1ncccc1Cn1cc([N+](=O)[O-])cc1C(=O)O. The Kier molecular flexibility index (Phi) is 3.65. The average molecular weight is 277 g/mol. The molecule has 0 aliphatic rings. The van der Waals surface area contributed by atoms with E-state index < -0.39 is 10.9 Å². The van der Waals surface area contributed by atoms with E-state index in [4.69, 9.17) is 9.84 Å². The van der Waals surface area contributed by atoms with E-state index in [1.807, 2.05) is 0 Å². The van der Waals surface area contributed by atoms with Crippen molar-refractivity contribution in [3.8, 4) is 5.88 Å². The lowest BCUT2D eigenvalue weighted by Crippen LogP contribution is -2.09. The first-order valence-electron chi connectivity index (χ1n) is 5.58. The first-order chi connectivity index (χ1) is 9.52. The van der Waals surface area contributed by atoms with Crippen molar-refractivity contribution >= 4 is 11.7 Å². The third-order valence-corrected chi connectivity index (χ3v) is 2.70. The Balaban J connectivity index is 2.42. The van der Waals surface area contributed by atoms with Crippen LogP contribution in [0.4, 0.5) is 5.69 Å². The lowest BCUT2D eigenvalue weighted by Gasteiger charge is -2.09. The van der Waals surface area contributed by atoms with Gasteiger partial charge in [-0.15, -0.1) is 0 Å². The number of aromatic carboxylic acids is 1. The van der Waals surface area contributed by atoms with Crippen molar-refractivity contribution in [3.63, 3.8) is 0 Å². The zero-order valence-electron chi connectivity index (χ0n) is 10.5. The van der Waals surface area contributed by atoms with Crippen molar-refractivity contribution in [3.05, 3.63) is 52.0 Å². The van der Waals surface area contributed by atoms with Gasteiger partial charge in [0.1, 0.15) is 5.69 Å². The summed E-state index contributed by atoms with van der Waals surface area (Å²) in [5, 5.41) is 19.8. The number of ether oxygens (including phenoxy) is 1. The number of carboxylic acids is 1. The number of nitro groups is 1. The summed E-state index contributed by atoms with van der Waals surface area (Å²) in [5.41, 5.74) is 0.191. The molecular formula is C12H11N3O5. The molecule has 2 rings (SSSR count). The van der Waals surface area contributed by atoms with Gasteiger partial charge in [0.05, 0.1) is 24.8 Å². The van der Waals surface area contributed by atoms with E-state index in [0.29, 0.717) is 11.4 Å². The van der Waals surface area contributed by atoms with Crippen LogP contribution in [0.15, 0.2) is 30.6 Å². The summed E-state index contributed by atoms with van der Waals surface area (Å²) in [6.45, 7) is 0.118. The molecule has 20 heavy (non-hydrogen) atoms. The van der Waals surface area contributed by atoms with Gasteiger partial charge in [0.25, 0.3) is 5.69 Å². The quantitative estimate of drug-likeness (QED) is 0.656. The van der Waals surface area contributed by atoms with Crippen LogP contribution < -0.4 is 4.74 Å². The summed E-state index contributed by atoms with van der Waals surface area (Å²) in [5.74, 6) is -0.888. The number of pyridine rings is 1. The van der Waals surface area contributed by atoms with Crippen LogP contribution in [0.2, 0.25) is 0 Å². The van der Waals surface area contributed by atoms with Crippen LogP contribution in [0.25, 0.3) is 0 Å². The smallest absolute Gasteiger partial charge is 0.352 e. The van der Waals surface area contributed by atoms with Crippen molar-refractivity contribution in [2.24, 2.45) is 0 Å². The minimum atomic E-state index is -1.24. The fourth-order valence-corrected chi connectivity index (χ4v) is 1.82. The fraction of sp³-hybridized carbons (Fsp3) is 0.167. The molecule has 8 heteroatoms. The van der Waals surface area contributed by atoms with Crippen LogP contribution in [0.3, 0.4) is 0 Å². The molecule has 0 spiro atoms. The van der Waals surface area contributed by atoms with E-state index in [9.17, 15) is 14.9 Å². The molecule has 2 heterocycles. The monoisotopic (exact) mass is 277 g/mol. The molecule has 1 N–H and O–H groups in total. The zero-order chi connectivity index (χ0) is 14.7. The van der Waals surface area contributed by atoms with Crippen LogP contribution in [0.1, 0.15) is 16.1 Å². The Morgan fingerprint density at radius 3 is 2.95 bits per heavy atom. The Labute approximate surface area is 113 Å². The molecule has 0 unspecified atom stereocenters. The van der Waals surface area contributed by atoms with E-state index in [2.05, 4.69) is 4.98 Å². The summed E-state index contributed by atoms with van der Waals surface area (Å²) in [7, 11) is 1.45. The van der Waals surface area contributed by atoms with Gasteiger partial charge in [0.2, 0.25) is 5.88 Å². The molecule has 104 valence electrons. The molecule has 0 radical (unpaired) electrons. The van der Waals surface area contributed by atoms with Crippen LogP contribution in [-0.4, -0.2) is 32.7 Å². The fourth-order valence-electron chi connectivity index (χ4n) is 1.82. The average Bonchev–Trinajstić information content (AvgIpc) is 2.84. The van der Waals surface area contributed by atoms with Gasteiger partial charge < -0.3 is 14.4 Å². The molecule has 0 saturated carbocycles. The first kappa shape index (κ1) is 13.5. The maximum Gasteiger partial charge on any atom is 0.352 e. The molecule has 0 bridgehead atoms. The number of rotatable bonds is 5. The minimum Gasteiger partial charge on any atom is -0.481 e. The topological polar surface area (TPSA) is 107 Å². The third kappa shape index (κ3) is 2.58. The van der Waals surface area contributed by atoms with Gasteiger partial charge in [0, 0.05) is 17.8 Å². The van der Waals surface area contributed by atoms with Gasteiger partial charge in [-0.2, -0.15) is 0 Å². The Morgan fingerprint density at radius 2 is 2.35 bits per heavy atom. The molecule has 0 amide bonds. The molecule has 0 aliphatic heterocycles. The van der Waals surface area contributed by atoms with Crippen molar-refractivity contribution in [1.29, 1.82) is 0 Å². The van der Waals surface area contributed by atoms with Gasteiger partial charge in [0.15, 0.2) is 0 Å². The van der Waals surface area contributed by atoms with Gasteiger partial charge in [-0.1, -0.05) is 6.07 Å². The highest BCUT2D eigenvalue weighted by Crippen LogP contribution is 2.21. The van der Waals surface area contributed by atoms with Gasteiger partial charge >= 0.3 is 5.97 Å². The Morgan fingerprint density at radius 1 is 1.60 bits per heavy atom. The molecule has 8 nitrogen and oxygen atoms in total. The summed E-state index contributed by atoms with van der Waals surface area (Å²) in [4.78, 5) is 25.2. The summed E-state index contributed by atoms with van der Waals surface area (Å²) < 4.78 is 6.34. The number of carbonyl (C=O) groups is 1. The van der Waals surface area contributed by atoms with Crippen molar-refractivity contribution in [1.82, 2.24) is 9.55 Å². The molecule has 2 aromatic rings. The summed E-state index contributed by atoms with van der Waals surface area (Å²) in [6.07, 6.45) is 2.72. The first-order valence-corrected chi connectivity index (χ1v) is 5.58. The van der Waals surface area contributed by atoms with Crippen LogP contribution in [0, 0.1) is 10.1 Å². The molecule has 0 fully saturated rings. The number of hydrogen-bond donors (Lipinski definition) is 1. The second-order valence-corrected chi connectivity index (χ2v) is 3.95. The number of hydrogen-bond acceptors (Lipinski definition) is 5. The normalized spacial score (nSPS) is 10.2.